The van der Waals surface area contributed by atoms with Crippen LogP contribution in [0.5, 0.6) is 0 Å². The molecule has 0 heterocycles. The standard InChI is InChI=1S/C15H21NO2/c1-10-3-5-12(6-4-10)16-13-7-8-14(15(17)18)11(2)9-13/h7-10,12,16H,3-6H2,1-2H3,(H,17,18). The Balaban J connectivity index is 2.02. The number of carbonyl (C=O) groups is 1. The topological polar surface area (TPSA) is 49.3 Å². The summed E-state index contributed by atoms with van der Waals surface area (Å²) in [6.07, 6.45) is 4.98. The molecule has 0 saturated heterocycles. The summed E-state index contributed by atoms with van der Waals surface area (Å²) in [7, 11) is 0. The van der Waals surface area contributed by atoms with E-state index in [0.717, 1.165) is 17.2 Å². The van der Waals surface area contributed by atoms with Gasteiger partial charge >= 0.3 is 5.97 Å². The molecule has 1 aliphatic carbocycles. The number of aryl methyl sites for hydroxylation is 1. The Morgan fingerprint density at radius 1 is 1.28 bits per heavy atom. The zero-order valence-corrected chi connectivity index (χ0v) is 11.1. The third-order valence-electron chi connectivity index (χ3n) is 3.84. The highest BCUT2D eigenvalue weighted by Crippen LogP contribution is 2.26. The summed E-state index contributed by atoms with van der Waals surface area (Å²) >= 11 is 0. The normalized spacial score (nSPS) is 23.7. The smallest absolute Gasteiger partial charge is 0.335 e. The molecule has 1 aliphatic rings. The molecule has 3 nitrogen and oxygen atoms in total. The summed E-state index contributed by atoms with van der Waals surface area (Å²) in [6, 6.07) is 6.03. The number of benzene rings is 1. The van der Waals surface area contributed by atoms with Crippen molar-refractivity contribution in [3.63, 3.8) is 0 Å². The fourth-order valence-corrected chi connectivity index (χ4v) is 2.63. The molecule has 98 valence electrons. The van der Waals surface area contributed by atoms with Gasteiger partial charge in [0.2, 0.25) is 0 Å². The molecule has 0 aromatic heterocycles. The predicted octanol–water partition coefficient (Wildman–Crippen LogP) is 3.68. The molecular weight excluding hydrogens is 226 g/mol. The van der Waals surface area contributed by atoms with Crippen LogP contribution in [0.4, 0.5) is 5.69 Å². The van der Waals surface area contributed by atoms with Crippen LogP contribution in [-0.2, 0) is 0 Å². The van der Waals surface area contributed by atoms with Gasteiger partial charge in [0.05, 0.1) is 5.56 Å². The lowest BCUT2D eigenvalue weighted by atomic mass is 9.87. The van der Waals surface area contributed by atoms with E-state index >= 15 is 0 Å². The van der Waals surface area contributed by atoms with E-state index in [4.69, 9.17) is 5.11 Å². The molecule has 0 bridgehead atoms. The van der Waals surface area contributed by atoms with E-state index in [1.807, 2.05) is 19.1 Å². The maximum Gasteiger partial charge on any atom is 0.335 e. The maximum absolute atomic E-state index is 10.9. The van der Waals surface area contributed by atoms with Gasteiger partial charge in [0.15, 0.2) is 0 Å². The first kappa shape index (κ1) is 12.9. The van der Waals surface area contributed by atoms with Gasteiger partial charge in [0.1, 0.15) is 0 Å². The van der Waals surface area contributed by atoms with Crippen molar-refractivity contribution < 1.29 is 9.90 Å². The van der Waals surface area contributed by atoms with Crippen molar-refractivity contribution in [2.24, 2.45) is 5.92 Å². The first-order valence-electron chi connectivity index (χ1n) is 6.66. The molecule has 1 saturated carbocycles. The molecule has 2 N–H and O–H groups in total. The molecule has 1 fully saturated rings. The lowest BCUT2D eigenvalue weighted by molar-refractivity contribution is 0.0696. The molecular formula is C15H21NO2. The second kappa shape index (κ2) is 5.42. The van der Waals surface area contributed by atoms with E-state index < -0.39 is 5.97 Å². The van der Waals surface area contributed by atoms with E-state index in [1.54, 1.807) is 6.07 Å². The lowest BCUT2D eigenvalue weighted by Crippen LogP contribution is -2.25. The van der Waals surface area contributed by atoms with E-state index in [9.17, 15) is 4.79 Å². The van der Waals surface area contributed by atoms with Crippen LogP contribution < -0.4 is 5.32 Å². The fourth-order valence-electron chi connectivity index (χ4n) is 2.63. The third-order valence-corrected chi connectivity index (χ3v) is 3.84. The first-order valence-corrected chi connectivity index (χ1v) is 6.66. The molecule has 0 radical (unpaired) electrons. The lowest BCUT2D eigenvalue weighted by Gasteiger charge is -2.27. The summed E-state index contributed by atoms with van der Waals surface area (Å²) in [4.78, 5) is 10.9. The van der Waals surface area contributed by atoms with Gasteiger partial charge in [-0.1, -0.05) is 6.92 Å². The number of hydrogen-bond donors (Lipinski definition) is 2. The number of nitrogens with one attached hydrogen (secondary N) is 1. The van der Waals surface area contributed by atoms with Crippen LogP contribution >= 0.6 is 0 Å². The second-order valence-electron chi connectivity index (χ2n) is 5.44. The number of hydrogen-bond acceptors (Lipinski definition) is 2. The van der Waals surface area contributed by atoms with Gasteiger partial charge in [-0.3, -0.25) is 0 Å². The average Bonchev–Trinajstić information content (AvgIpc) is 2.32. The van der Waals surface area contributed by atoms with Crippen LogP contribution in [0.2, 0.25) is 0 Å². The molecule has 0 unspecified atom stereocenters. The number of rotatable bonds is 3. The van der Waals surface area contributed by atoms with Gasteiger partial charge in [-0.15, -0.1) is 0 Å². The zero-order valence-electron chi connectivity index (χ0n) is 11.1. The molecule has 0 spiro atoms. The Kier molecular flexibility index (Phi) is 3.90. The van der Waals surface area contributed by atoms with Crippen LogP contribution in [0.3, 0.4) is 0 Å². The van der Waals surface area contributed by atoms with Gasteiger partial charge in [0.25, 0.3) is 0 Å². The van der Waals surface area contributed by atoms with Gasteiger partial charge in [-0.05, 0) is 62.3 Å². The summed E-state index contributed by atoms with van der Waals surface area (Å²) in [5, 5.41) is 12.5. The molecule has 0 atom stereocenters. The molecule has 1 aromatic carbocycles. The van der Waals surface area contributed by atoms with E-state index in [2.05, 4.69) is 12.2 Å². The third kappa shape index (κ3) is 3.03. The Morgan fingerprint density at radius 3 is 2.50 bits per heavy atom. The molecule has 0 aliphatic heterocycles. The van der Waals surface area contributed by atoms with E-state index in [1.165, 1.54) is 25.7 Å². The Bertz CT molecular complexity index is 434. The minimum absolute atomic E-state index is 0.387. The van der Waals surface area contributed by atoms with Crippen LogP contribution in [0.15, 0.2) is 18.2 Å². The summed E-state index contributed by atoms with van der Waals surface area (Å²) in [6.45, 7) is 4.15. The van der Waals surface area contributed by atoms with E-state index in [-0.39, 0.29) is 0 Å². The molecule has 1 aromatic rings. The molecule has 2 rings (SSSR count). The number of carboxylic acid groups (broad SMARTS) is 1. The van der Waals surface area contributed by atoms with Crippen LogP contribution in [0.25, 0.3) is 0 Å². The minimum atomic E-state index is -0.856. The van der Waals surface area contributed by atoms with Crippen molar-refractivity contribution in [3.05, 3.63) is 29.3 Å². The number of aromatic carboxylic acids is 1. The van der Waals surface area contributed by atoms with Gasteiger partial charge < -0.3 is 10.4 Å². The van der Waals surface area contributed by atoms with Crippen molar-refractivity contribution in [2.45, 2.75) is 45.6 Å². The number of anilines is 1. The molecule has 18 heavy (non-hydrogen) atoms. The van der Waals surface area contributed by atoms with Crippen LogP contribution in [0.1, 0.15) is 48.5 Å². The van der Waals surface area contributed by atoms with Gasteiger partial charge in [-0.25, -0.2) is 4.79 Å². The van der Waals surface area contributed by atoms with Gasteiger partial charge in [-0.2, -0.15) is 0 Å². The number of carboxylic acids is 1. The average molecular weight is 247 g/mol. The first-order chi connectivity index (χ1) is 8.56. The Hall–Kier alpha value is -1.51. The molecule has 0 amide bonds. The molecule has 3 heteroatoms. The van der Waals surface area contributed by atoms with Crippen molar-refractivity contribution in [2.75, 3.05) is 5.32 Å². The largest absolute Gasteiger partial charge is 0.478 e. The van der Waals surface area contributed by atoms with Crippen molar-refractivity contribution in [1.82, 2.24) is 0 Å². The van der Waals surface area contributed by atoms with Crippen LogP contribution in [-0.4, -0.2) is 17.1 Å². The zero-order chi connectivity index (χ0) is 13.1. The summed E-state index contributed by atoms with van der Waals surface area (Å²) in [5.41, 5.74) is 2.24. The van der Waals surface area contributed by atoms with E-state index in [0.29, 0.717) is 11.6 Å². The predicted molar refractivity (Wildman–Crippen MR) is 73.2 cm³/mol. The fraction of sp³-hybridized carbons (Fsp3) is 0.533. The Labute approximate surface area is 108 Å². The highest BCUT2D eigenvalue weighted by atomic mass is 16.4. The quantitative estimate of drug-likeness (QED) is 0.856. The maximum atomic E-state index is 10.9. The van der Waals surface area contributed by atoms with Crippen molar-refractivity contribution in [1.29, 1.82) is 0 Å². The minimum Gasteiger partial charge on any atom is -0.478 e. The van der Waals surface area contributed by atoms with Crippen molar-refractivity contribution >= 4 is 11.7 Å². The van der Waals surface area contributed by atoms with Crippen LogP contribution in [0, 0.1) is 12.8 Å². The SMILES string of the molecule is Cc1cc(NC2CCC(C)CC2)ccc1C(=O)O. The monoisotopic (exact) mass is 247 g/mol. The second-order valence-corrected chi connectivity index (χ2v) is 5.44. The highest BCUT2D eigenvalue weighted by molar-refractivity contribution is 5.89. The Morgan fingerprint density at radius 2 is 1.94 bits per heavy atom. The summed E-state index contributed by atoms with van der Waals surface area (Å²) < 4.78 is 0. The van der Waals surface area contributed by atoms with Gasteiger partial charge in [0, 0.05) is 11.7 Å². The summed E-state index contributed by atoms with van der Waals surface area (Å²) in [5.74, 6) is -0.00952. The van der Waals surface area contributed by atoms with Crippen molar-refractivity contribution in [3.8, 4) is 0 Å². The highest BCUT2D eigenvalue weighted by Gasteiger charge is 2.18.